The summed E-state index contributed by atoms with van der Waals surface area (Å²) >= 11 is 0. The molecule has 0 spiro atoms. The lowest BCUT2D eigenvalue weighted by Gasteiger charge is -2.36. The van der Waals surface area contributed by atoms with Crippen molar-refractivity contribution in [2.24, 2.45) is 5.73 Å². The number of hydrogen-bond acceptors (Lipinski definition) is 4. The maximum absolute atomic E-state index is 11.3. The second-order valence-electron chi connectivity index (χ2n) is 4.84. The average Bonchev–Trinajstić information content (AvgIpc) is 2.27. The van der Waals surface area contributed by atoms with E-state index in [4.69, 9.17) is 5.73 Å². The van der Waals surface area contributed by atoms with Crippen LogP contribution in [0.25, 0.3) is 0 Å². The van der Waals surface area contributed by atoms with Gasteiger partial charge in [0.2, 0.25) is 0 Å². The molecule has 1 aromatic rings. The van der Waals surface area contributed by atoms with Crippen molar-refractivity contribution in [3.8, 4) is 0 Å². The van der Waals surface area contributed by atoms with Crippen LogP contribution in [-0.2, 0) is 9.84 Å². The first-order chi connectivity index (χ1) is 7.68. The Bertz CT molecular complexity index is 478. The summed E-state index contributed by atoms with van der Waals surface area (Å²) in [7, 11) is -1.18. The SMILES string of the molecule is CN(c1ccc(S(C)(=O)=O)cc1)C(C)(C)CN. The van der Waals surface area contributed by atoms with Gasteiger partial charge in [-0.3, -0.25) is 0 Å². The second kappa shape index (κ2) is 4.66. The second-order valence-corrected chi connectivity index (χ2v) is 6.86. The first kappa shape index (κ1) is 14.0. The highest BCUT2D eigenvalue weighted by molar-refractivity contribution is 7.90. The standard InChI is InChI=1S/C12H20N2O2S/c1-12(2,9-13)14(3)10-5-7-11(8-6-10)17(4,15)16/h5-8H,9,13H2,1-4H3. The Morgan fingerprint density at radius 3 is 2.06 bits per heavy atom. The van der Waals surface area contributed by atoms with E-state index in [1.807, 2.05) is 25.8 Å². The molecule has 0 aliphatic carbocycles. The van der Waals surface area contributed by atoms with Gasteiger partial charge in [-0.2, -0.15) is 0 Å². The van der Waals surface area contributed by atoms with Crippen molar-refractivity contribution < 1.29 is 8.42 Å². The van der Waals surface area contributed by atoms with Crippen molar-refractivity contribution in [2.75, 3.05) is 24.7 Å². The van der Waals surface area contributed by atoms with Crippen molar-refractivity contribution in [2.45, 2.75) is 24.3 Å². The summed E-state index contributed by atoms with van der Waals surface area (Å²) in [6.45, 7) is 4.60. The fraction of sp³-hybridized carbons (Fsp3) is 0.500. The summed E-state index contributed by atoms with van der Waals surface area (Å²) in [4.78, 5) is 2.37. The van der Waals surface area contributed by atoms with Gasteiger partial charge in [0.15, 0.2) is 9.84 Å². The van der Waals surface area contributed by atoms with Gasteiger partial charge in [0, 0.05) is 31.1 Å². The van der Waals surface area contributed by atoms with E-state index in [0.29, 0.717) is 11.4 Å². The maximum Gasteiger partial charge on any atom is 0.175 e. The molecule has 0 bridgehead atoms. The molecule has 17 heavy (non-hydrogen) atoms. The number of likely N-dealkylation sites (N-methyl/N-ethyl adjacent to an activating group) is 1. The van der Waals surface area contributed by atoms with E-state index in [0.717, 1.165) is 5.69 Å². The molecular formula is C12H20N2O2S. The molecule has 0 aliphatic rings. The summed E-state index contributed by atoms with van der Waals surface area (Å²) in [5.41, 5.74) is 6.50. The molecule has 2 N–H and O–H groups in total. The molecule has 4 nitrogen and oxygen atoms in total. The molecule has 96 valence electrons. The molecule has 1 aromatic carbocycles. The van der Waals surface area contributed by atoms with Crippen LogP contribution in [0.2, 0.25) is 0 Å². The Balaban J connectivity index is 3.04. The molecule has 0 fully saturated rings. The first-order valence-electron chi connectivity index (χ1n) is 5.42. The molecule has 0 heterocycles. The number of nitrogens with zero attached hydrogens (tertiary/aromatic N) is 1. The molecule has 0 radical (unpaired) electrons. The molecule has 0 amide bonds. The fourth-order valence-electron chi connectivity index (χ4n) is 1.40. The van der Waals surface area contributed by atoms with Crippen molar-refractivity contribution in [3.05, 3.63) is 24.3 Å². The summed E-state index contributed by atoms with van der Waals surface area (Å²) in [6, 6.07) is 6.84. The van der Waals surface area contributed by atoms with Gasteiger partial charge in [-0.1, -0.05) is 0 Å². The van der Waals surface area contributed by atoms with Crippen LogP contribution in [0.1, 0.15) is 13.8 Å². The molecule has 0 saturated carbocycles. The van der Waals surface area contributed by atoms with E-state index in [2.05, 4.69) is 0 Å². The number of sulfone groups is 1. The molecule has 0 saturated heterocycles. The molecule has 1 rings (SSSR count). The third-order valence-corrected chi connectivity index (χ3v) is 4.19. The molecule has 0 aliphatic heterocycles. The lowest BCUT2D eigenvalue weighted by Crippen LogP contribution is -2.47. The van der Waals surface area contributed by atoms with Crippen LogP contribution in [0.15, 0.2) is 29.2 Å². The fourth-order valence-corrected chi connectivity index (χ4v) is 2.03. The minimum atomic E-state index is -3.13. The smallest absolute Gasteiger partial charge is 0.175 e. The van der Waals surface area contributed by atoms with Gasteiger partial charge in [-0.05, 0) is 38.1 Å². The number of rotatable bonds is 4. The lowest BCUT2D eigenvalue weighted by molar-refractivity contribution is 0.498. The van der Waals surface area contributed by atoms with E-state index in [1.54, 1.807) is 24.3 Å². The topological polar surface area (TPSA) is 63.4 Å². The van der Waals surface area contributed by atoms with Gasteiger partial charge in [-0.25, -0.2) is 8.42 Å². The molecule has 5 heteroatoms. The Kier molecular flexibility index (Phi) is 3.84. The van der Waals surface area contributed by atoms with Gasteiger partial charge >= 0.3 is 0 Å². The summed E-state index contributed by atoms with van der Waals surface area (Å²) in [5, 5.41) is 0. The number of nitrogens with two attached hydrogens (primary N) is 1. The Hall–Kier alpha value is -1.07. The van der Waals surface area contributed by atoms with Crippen molar-refractivity contribution >= 4 is 15.5 Å². The van der Waals surface area contributed by atoms with Crippen LogP contribution >= 0.6 is 0 Å². The first-order valence-corrected chi connectivity index (χ1v) is 7.31. The highest BCUT2D eigenvalue weighted by atomic mass is 32.2. The van der Waals surface area contributed by atoms with Gasteiger partial charge in [0.05, 0.1) is 4.90 Å². The predicted molar refractivity (Wildman–Crippen MR) is 71.1 cm³/mol. The van der Waals surface area contributed by atoms with Crippen LogP contribution in [0.3, 0.4) is 0 Å². The largest absolute Gasteiger partial charge is 0.368 e. The van der Waals surface area contributed by atoms with Crippen molar-refractivity contribution in [3.63, 3.8) is 0 Å². The Morgan fingerprint density at radius 2 is 1.71 bits per heavy atom. The van der Waals surface area contributed by atoms with Gasteiger partial charge in [0.1, 0.15) is 0 Å². The van der Waals surface area contributed by atoms with Crippen LogP contribution in [0.5, 0.6) is 0 Å². The number of anilines is 1. The van der Waals surface area contributed by atoms with E-state index < -0.39 is 9.84 Å². The zero-order chi connectivity index (χ0) is 13.3. The molecule has 0 unspecified atom stereocenters. The van der Waals surface area contributed by atoms with E-state index in [9.17, 15) is 8.42 Å². The van der Waals surface area contributed by atoms with Gasteiger partial charge in [-0.15, -0.1) is 0 Å². The van der Waals surface area contributed by atoms with Gasteiger partial charge in [0.25, 0.3) is 0 Å². The number of benzene rings is 1. The zero-order valence-electron chi connectivity index (χ0n) is 10.8. The van der Waals surface area contributed by atoms with Crippen LogP contribution in [0.4, 0.5) is 5.69 Å². The highest BCUT2D eigenvalue weighted by Crippen LogP contribution is 2.23. The predicted octanol–water partition coefficient (Wildman–Crippen LogP) is 1.26. The average molecular weight is 256 g/mol. The van der Waals surface area contributed by atoms with Crippen LogP contribution < -0.4 is 10.6 Å². The minimum absolute atomic E-state index is 0.160. The van der Waals surface area contributed by atoms with Gasteiger partial charge < -0.3 is 10.6 Å². The Morgan fingerprint density at radius 1 is 1.24 bits per heavy atom. The number of hydrogen-bond donors (Lipinski definition) is 1. The summed E-state index contributed by atoms with van der Waals surface area (Å²) in [6.07, 6.45) is 1.20. The van der Waals surface area contributed by atoms with E-state index in [1.165, 1.54) is 6.26 Å². The zero-order valence-corrected chi connectivity index (χ0v) is 11.6. The lowest BCUT2D eigenvalue weighted by atomic mass is 10.0. The highest BCUT2D eigenvalue weighted by Gasteiger charge is 2.22. The minimum Gasteiger partial charge on any atom is -0.368 e. The van der Waals surface area contributed by atoms with E-state index >= 15 is 0 Å². The molecule has 0 aromatic heterocycles. The molecular weight excluding hydrogens is 236 g/mol. The summed E-state index contributed by atoms with van der Waals surface area (Å²) in [5.74, 6) is 0. The normalized spacial score (nSPS) is 12.5. The quantitative estimate of drug-likeness (QED) is 0.881. The third kappa shape index (κ3) is 3.20. The molecule has 0 atom stereocenters. The monoisotopic (exact) mass is 256 g/mol. The van der Waals surface area contributed by atoms with Crippen LogP contribution in [-0.4, -0.2) is 33.8 Å². The summed E-state index contributed by atoms with van der Waals surface area (Å²) < 4.78 is 22.7. The maximum atomic E-state index is 11.3. The van der Waals surface area contributed by atoms with Crippen molar-refractivity contribution in [1.29, 1.82) is 0 Å². The van der Waals surface area contributed by atoms with E-state index in [-0.39, 0.29) is 5.54 Å². The Labute approximate surface area is 103 Å². The van der Waals surface area contributed by atoms with Crippen LogP contribution in [0, 0.1) is 0 Å². The van der Waals surface area contributed by atoms with Crippen molar-refractivity contribution in [1.82, 2.24) is 0 Å². The third-order valence-electron chi connectivity index (χ3n) is 3.06.